The summed E-state index contributed by atoms with van der Waals surface area (Å²) in [6, 6.07) is 0. The van der Waals surface area contributed by atoms with Crippen molar-refractivity contribution in [2.45, 2.75) is 37.6 Å². The van der Waals surface area contributed by atoms with Gasteiger partial charge in [0, 0.05) is 36.2 Å². The Morgan fingerprint density at radius 3 is 2.56 bits per heavy atom. The fourth-order valence-corrected chi connectivity index (χ4v) is 3.65. The zero-order valence-corrected chi connectivity index (χ0v) is 11.9. The van der Waals surface area contributed by atoms with E-state index in [1.54, 1.807) is 0 Å². The van der Waals surface area contributed by atoms with Gasteiger partial charge in [-0.3, -0.25) is 4.90 Å². The van der Waals surface area contributed by atoms with Crippen molar-refractivity contribution in [2.75, 3.05) is 33.2 Å². The van der Waals surface area contributed by atoms with Crippen LogP contribution < -0.4 is 0 Å². The molecular weight excluding hydrogens is 264 g/mol. The van der Waals surface area contributed by atoms with E-state index in [-0.39, 0.29) is 0 Å². The topological polar surface area (TPSA) is 6.48 Å². The molecule has 3 heteroatoms. The first-order valence-corrected chi connectivity index (χ1v) is 7.19. The molecule has 0 aromatic carbocycles. The zero-order valence-electron chi connectivity index (χ0n) is 10.3. The van der Waals surface area contributed by atoms with E-state index < -0.39 is 0 Å². The summed E-state index contributed by atoms with van der Waals surface area (Å²) in [7, 11) is 2.26. The molecule has 2 rings (SSSR count). The number of rotatable bonds is 2. The van der Waals surface area contributed by atoms with Crippen molar-refractivity contribution in [3.05, 3.63) is 11.1 Å². The summed E-state index contributed by atoms with van der Waals surface area (Å²) in [5.41, 5.74) is 0.446. The van der Waals surface area contributed by atoms with Crippen molar-refractivity contribution in [3.8, 4) is 0 Å². The molecule has 16 heavy (non-hydrogen) atoms. The molecule has 1 saturated heterocycles. The summed E-state index contributed by atoms with van der Waals surface area (Å²) in [4.78, 5) is 5.17. The fraction of sp³-hybridized carbons (Fsp3) is 0.846. The highest BCUT2D eigenvalue weighted by Gasteiger charge is 2.41. The lowest BCUT2D eigenvalue weighted by molar-refractivity contribution is -0.0105. The van der Waals surface area contributed by atoms with Gasteiger partial charge in [-0.2, -0.15) is 0 Å². The van der Waals surface area contributed by atoms with E-state index in [2.05, 4.69) is 39.4 Å². The van der Waals surface area contributed by atoms with Gasteiger partial charge in [0.15, 0.2) is 0 Å². The van der Waals surface area contributed by atoms with Gasteiger partial charge in [-0.25, -0.2) is 0 Å². The first-order chi connectivity index (χ1) is 7.62. The van der Waals surface area contributed by atoms with E-state index in [1.807, 2.05) is 0 Å². The summed E-state index contributed by atoms with van der Waals surface area (Å²) in [5, 5.41) is 0. The molecule has 0 bridgehead atoms. The molecule has 0 radical (unpaired) electrons. The molecule has 2 aliphatic rings. The summed E-state index contributed by atoms with van der Waals surface area (Å²) < 4.78 is 1.13. The van der Waals surface area contributed by atoms with E-state index in [4.69, 9.17) is 0 Å². The maximum Gasteiger partial charge on any atom is 0.0340 e. The minimum Gasteiger partial charge on any atom is -0.303 e. The Balaban J connectivity index is 2.10. The van der Waals surface area contributed by atoms with Crippen LogP contribution in [0.1, 0.15) is 32.1 Å². The second kappa shape index (κ2) is 5.19. The van der Waals surface area contributed by atoms with E-state index >= 15 is 0 Å². The summed E-state index contributed by atoms with van der Waals surface area (Å²) in [6.45, 7) is 8.66. The lowest BCUT2D eigenvalue weighted by atomic mass is 9.78. The molecule has 0 aromatic heterocycles. The van der Waals surface area contributed by atoms with Gasteiger partial charge in [-0.15, -0.1) is 0 Å². The van der Waals surface area contributed by atoms with Crippen LogP contribution in [0, 0.1) is 0 Å². The van der Waals surface area contributed by atoms with Gasteiger partial charge >= 0.3 is 0 Å². The van der Waals surface area contributed by atoms with Crippen molar-refractivity contribution >= 4 is 15.9 Å². The minimum absolute atomic E-state index is 0.446. The van der Waals surface area contributed by atoms with Gasteiger partial charge in [-0.1, -0.05) is 41.8 Å². The van der Waals surface area contributed by atoms with Gasteiger partial charge in [0.1, 0.15) is 0 Å². The van der Waals surface area contributed by atoms with Crippen molar-refractivity contribution in [2.24, 2.45) is 0 Å². The van der Waals surface area contributed by atoms with Crippen LogP contribution in [0.4, 0.5) is 0 Å². The molecule has 0 unspecified atom stereocenters. The summed E-state index contributed by atoms with van der Waals surface area (Å²) >= 11 is 3.53. The molecule has 0 amide bonds. The average molecular weight is 287 g/mol. The normalized spacial score (nSPS) is 27.1. The van der Waals surface area contributed by atoms with Crippen LogP contribution in [0.15, 0.2) is 11.1 Å². The van der Waals surface area contributed by atoms with Crippen molar-refractivity contribution in [3.63, 3.8) is 0 Å². The van der Waals surface area contributed by atoms with Crippen LogP contribution >= 0.6 is 15.9 Å². The third kappa shape index (κ3) is 2.69. The molecule has 1 aliphatic carbocycles. The highest BCUT2D eigenvalue weighted by Crippen LogP contribution is 2.36. The SMILES string of the molecule is C=C(Br)CN1CCN(C)CC12CCCCC2. The fourth-order valence-electron chi connectivity index (χ4n) is 3.35. The van der Waals surface area contributed by atoms with E-state index in [0.29, 0.717) is 5.54 Å². The number of nitrogens with zero attached hydrogens (tertiary/aromatic N) is 2. The van der Waals surface area contributed by atoms with E-state index in [0.717, 1.165) is 11.0 Å². The second-order valence-electron chi connectivity index (χ2n) is 5.46. The highest BCUT2D eigenvalue weighted by atomic mass is 79.9. The largest absolute Gasteiger partial charge is 0.303 e. The number of likely N-dealkylation sites (N-methyl/N-ethyl adjacent to an activating group) is 1. The Morgan fingerprint density at radius 1 is 1.25 bits per heavy atom. The third-order valence-corrected chi connectivity index (χ3v) is 4.38. The Hall–Kier alpha value is 0.140. The second-order valence-corrected chi connectivity index (χ2v) is 6.58. The van der Waals surface area contributed by atoms with Gasteiger partial charge in [-0.05, 0) is 19.9 Å². The van der Waals surface area contributed by atoms with Gasteiger partial charge in [0.05, 0.1) is 0 Å². The van der Waals surface area contributed by atoms with Crippen LogP contribution in [0.5, 0.6) is 0 Å². The Kier molecular flexibility index (Phi) is 4.09. The van der Waals surface area contributed by atoms with Gasteiger partial charge in [0.2, 0.25) is 0 Å². The number of piperazine rings is 1. The van der Waals surface area contributed by atoms with Crippen molar-refractivity contribution < 1.29 is 0 Å². The maximum absolute atomic E-state index is 4.01. The van der Waals surface area contributed by atoms with Gasteiger partial charge < -0.3 is 4.90 Å². The molecule has 0 atom stereocenters. The molecule has 1 heterocycles. The average Bonchev–Trinajstić information content (AvgIpc) is 2.23. The first-order valence-electron chi connectivity index (χ1n) is 6.39. The molecule has 1 saturated carbocycles. The van der Waals surface area contributed by atoms with E-state index in [1.165, 1.54) is 51.7 Å². The minimum atomic E-state index is 0.446. The lowest BCUT2D eigenvalue weighted by Gasteiger charge is -2.52. The molecule has 0 aromatic rings. The van der Waals surface area contributed by atoms with Crippen molar-refractivity contribution in [1.82, 2.24) is 9.80 Å². The first kappa shape index (κ1) is 12.6. The standard InChI is InChI=1S/C13H23BrN2/c1-12(14)10-16-9-8-15(2)11-13(16)6-4-3-5-7-13/h1,3-11H2,2H3. The molecule has 2 nitrogen and oxygen atoms in total. The quantitative estimate of drug-likeness (QED) is 0.770. The van der Waals surface area contributed by atoms with Crippen LogP contribution in [0.3, 0.4) is 0 Å². The lowest BCUT2D eigenvalue weighted by Crippen LogP contribution is -2.62. The summed E-state index contributed by atoms with van der Waals surface area (Å²) in [5.74, 6) is 0. The number of hydrogen-bond acceptors (Lipinski definition) is 2. The molecule has 1 spiro atoms. The van der Waals surface area contributed by atoms with Crippen molar-refractivity contribution in [1.29, 1.82) is 0 Å². The smallest absolute Gasteiger partial charge is 0.0340 e. The van der Waals surface area contributed by atoms with Crippen LogP contribution in [-0.2, 0) is 0 Å². The predicted molar refractivity (Wildman–Crippen MR) is 73.0 cm³/mol. The van der Waals surface area contributed by atoms with Crippen LogP contribution in [0.25, 0.3) is 0 Å². The summed E-state index contributed by atoms with van der Waals surface area (Å²) in [6.07, 6.45) is 6.97. The monoisotopic (exact) mass is 286 g/mol. The molecular formula is C13H23BrN2. The Bertz CT molecular complexity index is 259. The molecule has 0 N–H and O–H groups in total. The third-order valence-electron chi connectivity index (χ3n) is 4.13. The van der Waals surface area contributed by atoms with Gasteiger partial charge in [0.25, 0.3) is 0 Å². The van der Waals surface area contributed by atoms with Crippen LogP contribution in [0.2, 0.25) is 0 Å². The molecule has 2 fully saturated rings. The van der Waals surface area contributed by atoms with Crippen LogP contribution in [-0.4, -0.2) is 48.6 Å². The maximum atomic E-state index is 4.01. The highest BCUT2D eigenvalue weighted by molar-refractivity contribution is 9.11. The number of halogens is 1. The predicted octanol–water partition coefficient (Wildman–Crippen LogP) is 2.85. The zero-order chi connectivity index (χ0) is 11.6. The Morgan fingerprint density at radius 2 is 1.94 bits per heavy atom. The molecule has 92 valence electrons. The number of hydrogen-bond donors (Lipinski definition) is 0. The Labute approximate surface area is 108 Å². The molecule has 1 aliphatic heterocycles. The van der Waals surface area contributed by atoms with E-state index in [9.17, 15) is 0 Å².